The maximum absolute atomic E-state index is 12.1. The highest BCUT2D eigenvalue weighted by Gasteiger charge is 2.24. The molecule has 1 fully saturated rings. The molecular weight excluding hydrogens is 290 g/mol. The van der Waals surface area contributed by atoms with E-state index in [-0.39, 0.29) is 11.8 Å². The van der Waals surface area contributed by atoms with E-state index in [9.17, 15) is 9.59 Å². The SMILES string of the molecule is CC(=O)N(CCC(=O)Nc1ccc(N(C)C)cc1)C1CCCC1. The van der Waals surface area contributed by atoms with Crippen LogP contribution in [-0.2, 0) is 9.59 Å². The Morgan fingerprint density at radius 3 is 2.26 bits per heavy atom. The normalized spacial score (nSPS) is 14.6. The van der Waals surface area contributed by atoms with Crippen molar-refractivity contribution in [3.05, 3.63) is 24.3 Å². The highest BCUT2D eigenvalue weighted by molar-refractivity contribution is 5.91. The van der Waals surface area contributed by atoms with Crippen LogP contribution in [0, 0.1) is 0 Å². The minimum absolute atomic E-state index is 0.0492. The molecule has 5 heteroatoms. The van der Waals surface area contributed by atoms with Crippen molar-refractivity contribution in [2.24, 2.45) is 0 Å². The third-order valence-corrected chi connectivity index (χ3v) is 4.42. The van der Waals surface area contributed by atoms with Gasteiger partial charge in [-0.2, -0.15) is 0 Å². The molecule has 2 rings (SSSR count). The molecule has 1 saturated carbocycles. The van der Waals surface area contributed by atoms with Gasteiger partial charge in [0.25, 0.3) is 0 Å². The Bertz CT molecular complexity index is 534. The number of amides is 2. The van der Waals surface area contributed by atoms with Crippen LogP contribution in [0.4, 0.5) is 11.4 Å². The number of hydrogen-bond donors (Lipinski definition) is 1. The Balaban J connectivity index is 1.84. The molecule has 0 radical (unpaired) electrons. The second kappa shape index (κ2) is 7.99. The first-order valence-electron chi connectivity index (χ1n) is 8.32. The molecule has 126 valence electrons. The summed E-state index contributed by atoms with van der Waals surface area (Å²) in [5.41, 5.74) is 1.88. The Kier molecular flexibility index (Phi) is 6.02. The predicted molar refractivity (Wildman–Crippen MR) is 93.7 cm³/mol. The number of carbonyl (C=O) groups is 2. The summed E-state index contributed by atoms with van der Waals surface area (Å²) < 4.78 is 0. The third kappa shape index (κ3) is 4.98. The lowest BCUT2D eigenvalue weighted by Crippen LogP contribution is -2.39. The Hall–Kier alpha value is -2.04. The van der Waals surface area contributed by atoms with Crippen molar-refractivity contribution >= 4 is 23.2 Å². The first-order valence-corrected chi connectivity index (χ1v) is 8.32. The molecule has 1 N–H and O–H groups in total. The van der Waals surface area contributed by atoms with E-state index in [1.807, 2.05) is 48.2 Å². The van der Waals surface area contributed by atoms with Gasteiger partial charge in [0, 0.05) is 51.4 Å². The van der Waals surface area contributed by atoms with Gasteiger partial charge < -0.3 is 15.1 Å². The maximum atomic E-state index is 12.1. The van der Waals surface area contributed by atoms with Gasteiger partial charge >= 0.3 is 0 Å². The summed E-state index contributed by atoms with van der Waals surface area (Å²) >= 11 is 0. The number of rotatable bonds is 6. The molecule has 1 aliphatic rings. The zero-order chi connectivity index (χ0) is 16.8. The van der Waals surface area contributed by atoms with E-state index in [0.717, 1.165) is 24.2 Å². The monoisotopic (exact) mass is 317 g/mol. The fourth-order valence-electron chi connectivity index (χ4n) is 3.10. The van der Waals surface area contributed by atoms with Gasteiger partial charge in [-0.05, 0) is 37.1 Å². The highest BCUT2D eigenvalue weighted by Crippen LogP contribution is 2.24. The maximum Gasteiger partial charge on any atom is 0.226 e. The van der Waals surface area contributed by atoms with E-state index < -0.39 is 0 Å². The summed E-state index contributed by atoms with van der Waals surface area (Å²) in [5, 5.41) is 2.90. The molecule has 1 aromatic rings. The summed E-state index contributed by atoms with van der Waals surface area (Å²) in [4.78, 5) is 27.8. The lowest BCUT2D eigenvalue weighted by molar-refractivity contribution is -0.131. The van der Waals surface area contributed by atoms with E-state index in [0.29, 0.717) is 19.0 Å². The Morgan fingerprint density at radius 2 is 1.74 bits per heavy atom. The molecule has 5 nitrogen and oxygen atoms in total. The van der Waals surface area contributed by atoms with Gasteiger partial charge in [0.1, 0.15) is 0 Å². The van der Waals surface area contributed by atoms with E-state index in [1.165, 1.54) is 12.8 Å². The van der Waals surface area contributed by atoms with Gasteiger partial charge in [-0.3, -0.25) is 9.59 Å². The summed E-state index contributed by atoms with van der Waals surface area (Å²) in [6.45, 7) is 2.10. The summed E-state index contributed by atoms with van der Waals surface area (Å²) in [5.74, 6) is 0.0203. The first kappa shape index (κ1) is 17.3. The average molecular weight is 317 g/mol. The van der Waals surface area contributed by atoms with Gasteiger partial charge in [0.15, 0.2) is 0 Å². The summed E-state index contributed by atoms with van der Waals surface area (Å²) in [7, 11) is 3.96. The summed E-state index contributed by atoms with van der Waals surface area (Å²) in [6, 6.07) is 8.05. The van der Waals surface area contributed by atoms with E-state index in [2.05, 4.69) is 5.32 Å². The van der Waals surface area contributed by atoms with Crippen molar-refractivity contribution in [2.45, 2.75) is 45.1 Å². The van der Waals surface area contributed by atoms with Gasteiger partial charge in [-0.25, -0.2) is 0 Å². The third-order valence-electron chi connectivity index (χ3n) is 4.42. The van der Waals surface area contributed by atoms with Crippen LogP contribution in [-0.4, -0.2) is 43.4 Å². The molecule has 0 aliphatic heterocycles. The van der Waals surface area contributed by atoms with Crippen LogP contribution in [0.3, 0.4) is 0 Å². The molecule has 0 spiro atoms. The van der Waals surface area contributed by atoms with Crippen LogP contribution in [0.2, 0.25) is 0 Å². The first-order chi connectivity index (χ1) is 11.0. The quantitative estimate of drug-likeness (QED) is 0.878. The number of hydrogen-bond acceptors (Lipinski definition) is 3. The highest BCUT2D eigenvalue weighted by atomic mass is 16.2. The molecular formula is C18H27N3O2. The minimum Gasteiger partial charge on any atom is -0.378 e. The number of nitrogens with zero attached hydrogens (tertiary/aromatic N) is 2. The zero-order valence-electron chi connectivity index (χ0n) is 14.3. The van der Waals surface area contributed by atoms with Gasteiger partial charge in [-0.15, -0.1) is 0 Å². The van der Waals surface area contributed by atoms with E-state index in [4.69, 9.17) is 0 Å². The van der Waals surface area contributed by atoms with Crippen LogP contribution in [0.5, 0.6) is 0 Å². The smallest absolute Gasteiger partial charge is 0.226 e. The molecule has 1 aliphatic carbocycles. The van der Waals surface area contributed by atoms with Crippen molar-refractivity contribution in [2.75, 3.05) is 30.9 Å². The van der Waals surface area contributed by atoms with Crippen molar-refractivity contribution in [1.29, 1.82) is 0 Å². The number of benzene rings is 1. The summed E-state index contributed by atoms with van der Waals surface area (Å²) in [6.07, 6.45) is 4.82. The number of nitrogens with one attached hydrogen (secondary N) is 1. The van der Waals surface area contributed by atoms with Crippen molar-refractivity contribution < 1.29 is 9.59 Å². The zero-order valence-corrected chi connectivity index (χ0v) is 14.3. The molecule has 23 heavy (non-hydrogen) atoms. The van der Waals surface area contributed by atoms with E-state index in [1.54, 1.807) is 6.92 Å². The van der Waals surface area contributed by atoms with Crippen molar-refractivity contribution in [3.8, 4) is 0 Å². The number of carbonyl (C=O) groups excluding carboxylic acids is 2. The van der Waals surface area contributed by atoms with Crippen molar-refractivity contribution in [3.63, 3.8) is 0 Å². The molecule has 0 aromatic heterocycles. The largest absolute Gasteiger partial charge is 0.378 e. The predicted octanol–water partition coefficient (Wildman–Crippen LogP) is 2.87. The Labute approximate surface area is 138 Å². The molecule has 2 amide bonds. The average Bonchev–Trinajstić information content (AvgIpc) is 3.01. The molecule has 0 bridgehead atoms. The topological polar surface area (TPSA) is 52.7 Å². The van der Waals surface area contributed by atoms with Crippen LogP contribution >= 0.6 is 0 Å². The second-order valence-electron chi connectivity index (χ2n) is 6.39. The van der Waals surface area contributed by atoms with Crippen LogP contribution in [0.1, 0.15) is 39.0 Å². The molecule has 0 unspecified atom stereocenters. The van der Waals surface area contributed by atoms with Crippen LogP contribution < -0.4 is 10.2 Å². The van der Waals surface area contributed by atoms with Gasteiger partial charge in [0.05, 0.1) is 0 Å². The lowest BCUT2D eigenvalue weighted by atomic mass is 10.2. The fourth-order valence-corrected chi connectivity index (χ4v) is 3.10. The van der Waals surface area contributed by atoms with Crippen molar-refractivity contribution in [1.82, 2.24) is 4.90 Å². The van der Waals surface area contributed by atoms with Gasteiger partial charge in [-0.1, -0.05) is 12.8 Å². The Morgan fingerprint density at radius 1 is 1.13 bits per heavy atom. The molecule has 0 heterocycles. The lowest BCUT2D eigenvalue weighted by Gasteiger charge is -2.27. The van der Waals surface area contributed by atoms with Crippen LogP contribution in [0.25, 0.3) is 0 Å². The standard InChI is InChI=1S/C18H27N3O2/c1-14(22)21(17-6-4-5-7-17)13-12-18(23)19-15-8-10-16(11-9-15)20(2)3/h8-11,17H,4-7,12-13H2,1-3H3,(H,19,23). The fraction of sp³-hybridized carbons (Fsp3) is 0.556. The van der Waals surface area contributed by atoms with E-state index >= 15 is 0 Å². The molecule has 0 saturated heterocycles. The number of anilines is 2. The van der Waals surface area contributed by atoms with Crippen LogP contribution in [0.15, 0.2) is 24.3 Å². The molecule has 1 aromatic carbocycles. The minimum atomic E-state index is -0.0492. The van der Waals surface area contributed by atoms with Gasteiger partial charge in [0.2, 0.25) is 11.8 Å². The molecule has 0 atom stereocenters. The second-order valence-corrected chi connectivity index (χ2v) is 6.39.